The molecule has 0 unspecified atom stereocenters. The van der Waals surface area contributed by atoms with Gasteiger partial charge in [0, 0.05) is 19.3 Å². The van der Waals surface area contributed by atoms with Gasteiger partial charge < -0.3 is 10.2 Å². The van der Waals surface area contributed by atoms with Crippen LogP contribution < -0.4 is 10.2 Å². The van der Waals surface area contributed by atoms with E-state index in [4.69, 9.17) is 0 Å². The smallest absolute Gasteiger partial charge is 0.0397 e. The van der Waals surface area contributed by atoms with E-state index in [2.05, 4.69) is 35.5 Å². The second-order valence-electron chi connectivity index (χ2n) is 4.70. The van der Waals surface area contributed by atoms with Gasteiger partial charge in [-0.25, -0.2) is 0 Å². The molecule has 0 saturated heterocycles. The molecule has 1 aromatic carbocycles. The number of nitrogens with zero attached hydrogens (tertiary/aromatic N) is 1. The molecule has 0 aromatic heterocycles. The van der Waals surface area contributed by atoms with E-state index in [9.17, 15) is 0 Å². The molecule has 0 radical (unpaired) electrons. The van der Waals surface area contributed by atoms with Gasteiger partial charge in [-0.15, -0.1) is 0 Å². The third-order valence-corrected chi connectivity index (χ3v) is 3.41. The van der Waals surface area contributed by atoms with E-state index in [0.717, 1.165) is 6.54 Å². The number of hydrogen-bond donors (Lipinski definition) is 1. The molecule has 0 amide bonds. The van der Waals surface area contributed by atoms with Crippen molar-refractivity contribution in [1.29, 1.82) is 0 Å². The summed E-state index contributed by atoms with van der Waals surface area (Å²) in [6.45, 7) is 2.31. The summed E-state index contributed by atoms with van der Waals surface area (Å²) in [5.41, 5.74) is 4.47. The summed E-state index contributed by atoms with van der Waals surface area (Å²) in [4.78, 5) is 2.35. The van der Waals surface area contributed by atoms with E-state index in [0.29, 0.717) is 0 Å². The topological polar surface area (TPSA) is 15.3 Å². The molecule has 16 heavy (non-hydrogen) atoms. The molecule has 1 aromatic rings. The van der Waals surface area contributed by atoms with Gasteiger partial charge in [0.15, 0.2) is 0 Å². The van der Waals surface area contributed by atoms with Crippen molar-refractivity contribution in [2.24, 2.45) is 0 Å². The highest BCUT2D eigenvalue weighted by atomic mass is 15.1. The summed E-state index contributed by atoms with van der Waals surface area (Å²) in [6, 6.07) is 6.98. The second kappa shape index (κ2) is 5.35. The van der Waals surface area contributed by atoms with Crippen molar-refractivity contribution < 1.29 is 0 Å². The number of aryl methyl sites for hydroxylation is 1. The predicted molar refractivity (Wildman–Crippen MR) is 70.3 cm³/mol. The Balaban J connectivity index is 1.92. The fraction of sp³-hybridized carbons (Fsp3) is 0.571. The Morgan fingerprint density at radius 1 is 1.31 bits per heavy atom. The van der Waals surface area contributed by atoms with Gasteiger partial charge in [0.25, 0.3) is 0 Å². The third kappa shape index (κ3) is 2.56. The molecule has 1 aliphatic rings. The Morgan fingerprint density at radius 2 is 2.19 bits per heavy atom. The van der Waals surface area contributed by atoms with Crippen LogP contribution in [-0.4, -0.2) is 27.2 Å². The molecule has 0 aliphatic carbocycles. The van der Waals surface area contributed by atoms with Gasteiger partial charge in [-0.1, -0.05) is 12.1 Å². The van der Waals surface area contributed by atoms with Crippen molar-refractivity contribution in [3.8, 4) is 0 Å². The van der Waals surface area contributed by atoms with E-state index in [1.807, 2.05) is 7.05 Å². The Morgan fingerprint density at radius 3 is 3.00 bits per heavy atom. The highest BCUT2D eigenvalue weighted by Crippen LogP contribution is 2.27. The predicted octanol–water partition coefficient (Wildman–Crippen LogP) is 2.22. The van der Waals surface area contributed by atoms with Crippen molar-refractivity contribution >= 4 is 5.69 Å². The molecule has 0 fully saturated rings. The Hall–Kier alpha value is -1.02. The molecule has 2 heteroatoms. The molecule has 0 spiro atoms. The van der Waals surface area contributed by atoms with E-state index in [-0.39, 0.29) is 0 Å². The van der Waals surface area contributed by atoms with Gasteiger partial charge in [0.1, 0.15) is 0 Å². The standard InChI is InChI=1S/C14H22N2/c1-15-9-4-3-5-12-6-7-14-13(11-12)8-10-16(14)2/h6-7,11,15H,3-5,8-10H2,1-2H3. The fourth-order valence-electron chi connectivity index (χ4n) is 2.41. The average Bonchev–Trinajstić information content (AvgIpc) is 2.66. The fourth-order valence-corrected chi connectivity index (χ4v) is 2.41. The van der Waals surface area contributed by atoms with E-state index < -0.39 is 0 Å². The number of fused-ring (bicyclic) bond motifs is 1. The molecule has 88 valence electrons. The normalized spacial score (nSPS) is 14.2. The average molecular weight is 218 g/mol. The zero-order chi connectivity index (χ0) is 11.4. The van der Waals surface area contributed by atoms with Crippen LogP contribution in [0.25, 0.3) is 0 Å². The first-order valence-corrected chi connectivity index (χ1v) is 6.29. The van der Waals surface area contributed by atoms with E-state index >= 15 is 0 Å². The summed E-state index contributed by atoms with van der Waals surface area (Å²) in [5.74, 6) is 0. The number of nitrogens with one attached hydrogen (secondary N) is 1. The van der Waals surface area contributed by atoms with E-state index in [1.54, 1.807) is 0 Å². The molecular weight excluding hydrogens is 196 g/mol. The SMILES string of the molecule is CNCCCCc1ccc2c(c1)CCN2C. The lowest BCUT2D eigenvalue weighted by Crippen LogP contribution is -2.12. The molecule has 0 atom stereocenters. The van der Waals surface area contributed by atoms with Gasteiger partial charge in [-0.3, -0.25) is 0 Å². The minimum absolute atomic E-state index is 1.13. The number of anilines is 1. The van der Waals surface area contributed by atoms with Crippen molar-refractivity contribution in [1.82, 2.24) is 5.32 Å². The van der Waals surface area contributed by atoms with Gasteiger partial charge in [0.05, 0.1) is 0 Å². The van der Waals surface area contributed by atoms with Crippen molar-refractivity contribution in [2.45, 2.75) is 25.7 Å². The van der Waals surface area contributed by atoms with Crippen LogP contribution in [0.2, 0.25) is 0 Å². The van der Waals surface area contributed by atoms with Crippen LogP contribution in [0.5, 0.6) is 0 Å². The highest BCUT2D eigenvalue weighted by Gasteiger charge is 2.14. The lowest BCUT2D eigenvalue weighted by Gasteiger charge is -2.12. The first-order valence-electron chi connectivity index (χ1n) is 6.29. The zero-order valence-corrected chi connectivity index (χ0v) is 10.4. The minimum atomic E-state index is 1.13. The number of rotatable bonds is 5. The molecule has 1 heterocycles. The van der Waals surface area contributed by atoms with Crippen LogP contribution in [0.15, 0.2) is 18.2 Å². The van der Waals surface area contributed by atoms with Crippen molar-refractivity contribution in [3.63, 3.8) is 0 Å². The molecule has 1 aliphatic heterocycles. The molecule has 0 bridgehead atoms. The molecular formula is C14H22N2. The van der Waals surface area contributed by atoms with Gasteiger partial charge in [-0.2, -0.15) is 0 Å². The lowest BCUT2D eigenvalue weighted by atomic mass is 10.0. The van der Waals surface area contributed by atoms with Gasteiger partial charge in [-0.05, 0) is 56.5 Å². The summed E-state index contributed by atoms with van der Waals surface area (Å²) in [6.07, 6.45) is 5.00. The first-order chi connectivity index (χ1) is 7.81. The Kier molecular flexibility index (Phi) is 3.83. The van der Waals surface area contributed by atoms with E-state index in [1.165, 1.54) is 49.0 Å². The summed E-state index contributed by atoms with van der Waals surface area (Å²) >= 11 is 0. The quantitative estimate of drug-likeness (QED) is 0.762. The van der Waals surface area contributed by atoms with Crippen LogP contribution in [0.1, 0.15) is 24.0 Å². The second-order valence-corrected chi connectivity index (χ2v) is 4.70. The minimum Gasteiger partial charge on any atom is -0.374 e. The maximum atomic E-state index is 3.19. The summed E-state index contributed by atoms with van der Waals surface area (Å²) < 4.78 is 0. The van der Waals surface area contributed by atoms with Crippen LogP contribution in [0.4, 0.5) is 5.69 Å². The largest absolute Gasteiger partial charge is 0.374 e. The maximum absolute atomic E-state index is 3.19. The maximum Gasteiger partial charge on any atom is 0.0397 e. The summed E-state index contributed by atoms with van der Waals surface area (Å²) in [7, 11) is 4.20. The van der Waals surface area contributed by atoms with Crippen molar-refractivity contribution in [2.75, 3.05) is 32.1 Å². The third-order valence-electron chi connectivity index (χ3n) is 3.41. The van der Waals surface area contributed by atoms with Crippen LogP contribution in [0.3, 0.4) is 0 Å². The molecule has 0 saturated carbocycles. The number of benzene rings is 1. The first kappa shape index (κ1) is 11.5. The molecule has 2 rings (SSSR count). The zero-order valence-electron chi connectivity index (χ0n) is 10.4. The van der Waals surface area contributed by atoms with Gasteiger partial charge >= 0.3 is 0 Å². The number of likely N-dealkylation sites (N-methyl/N-ethyl adjacent to an activating group) is 1. The highest BCUT2D eigenvalue weighted by molar-refractivity contribution is 5.58. The summed E-state index contributed by atoms with van der Waals surface area (Å²) in [5, 5.41) is 3.19. The molecule has 1 N–H and O–H groups in total. The number of hydrogen-bond acceptors (Lipinski definition) is 2. The van der Waals surface area contributed by atoms with Crippen LogP contribution >= 0.6 is 0 Å². The Labute approximate surface area is 98.7 Å². The van der Waals surface area contributed by atoms with Crippen molar-refractivity contribution in [3.05, 3.63) is 29.3 Å². The molecule has 2 nitrogen and oxygen atoms in total. The lowest BCUT2D eigenvalue weighted by molar-refractivity contribution is 0.677. The number of unbranched alkanes of at least 4 members (excludes halogenated alkanes) is 1. The Bertz CT molecular complexity index is 347. The van der Waals surface area contributed by atoms with Crippen LogP contribution in [-0.2, 0) is 12.8 Å². The van der Waals surface area contributed by atoms with Crippen LogP contribution in [0, 0.1) is 0 Å². The monoisotopic (exact) mass is 218 g/mol. The van der Waals surface area contributed by atoms with Gasteiger partial charge in [0.2, 0.25) is 0 Å².